The maximum Gasteiger partial charge on any atom is 0.339 e. The monoisotopic (exact) mass is 276 g/mol. The molecule has 0 aliphatic carbocycles. The van der Waals surface area contributed by atoms with Crippen LogP contribution in [-0.4, -0.2) is 48.4 Å². The summed E-state index contributed by atoms with van der Waals surface area (Å²) in [6.45, 7) is 4.44. The second kappa shape index (κ2) is 8.47. The first-order chi connectivity index (χ1) is 8.91. The van der Waals surface area contributed by atoms with Gasteiger partial charge >= 0.3 is 17.9 Å². The van der Waals surface area contributed by atoms with E-state index in [4.69, 9.17) is 19.3 Å². The molecule has 1 N–H and O–H groups in total. The van der Waals surface area contributed by atoms with E-state index in [9.17, 15) is 14.4 Å². The van der Waals surface area contributed by atoms with Gasteiger partial charge in [-0.05, 0) is 20.3 Å². The molecule has 0 aromatic carbocycles. The van der Waals surface area contributed by atoms with E-state index in [1.165, 1.54) is 0 Å². The molecule has 0 fully saturated rings. The number of rotatable bonds is 9. The van der Waals surface area contributed by atoms with Gasteiger partial charge in [0.2, 0.25) is 0 Å². The fourth-order valence-electron chi connectivity index (χ4n) is 1.46. The fraction of sp³-hybridized carbons (Fsp3) is 0.750. The van der Waals surface area contributed by atoms with Crippen molar-refractivity contribution in [3.05, 3.63) is 0 Å². The van der Waals surface area contributed by atoms with Crippen LogP contribution in [-0.2, 0) is 28.6 Å². The molecule has 0 spiro atoms. The quantitative estimate of drug-likeness (QED) is 0.620. The van der Waals surface area contributed by atoms with E-state index >= 15 is 0 Å². The predicted molar refractivity (Wildman–Crippen MR) is 64.5 cm³/mol. The summed E-state index contributed by atoms with van der Waals surface area (Å²) >= 11 is 0. The molecule has 7 nitrogen and oxygen atoms in total. The molecule has 0 aliphatic heterocycles. The Hall–Kier alpha value is -1.63. The van der Waals surface area contributed by atoms with Gasteiger partial charge in [0.1, 0.15) is 6.61 Å². The number of carboxylic acids is 1. The molecule has 0 bridgehead atoms. The first-order valence-corrected chi connectivity index (χ1v) is 6.10. The van der Waals surface area contributed by atoms with Crippen molar-refractivity contribution in [2.75, 3.05) is 19.8 Å². The minimum absolute atomic E-state index is 0.109. The van der Waals surface area contributed by atoms with E-state index < -0.39 is 30.1 Å². The minimum Gasteiger partial charge on any atom is -0.480 e. The van der Waals surface area contributed by atoms with E-state index in [1.54, 1.807) is 20.8 Å². The molecular weight excluding hydrogens is 256 g/mol. The maximum absolute atomic E-state index is 11.9. The van der Waals surface area contributed by atoms with Crippen molar-refractivity contribution in [1.29, 1.82) is 0 Å². The Labute approximate surface area is 111 Å². The van der Waals surface area contributed by atoms with E-state index in [-0.39, 0.29) is 26.1 Å². The van der Waals surface area contributed by atoms with E-state index in [1.807, 2.05) is 0 Å². The zero-order valence-corrected chi connectivity index (χ0v) is 11.4. The van der Waals surface area contributed by atoms with Crippen LogP contribution < -0.4 is 0 Å². The highest BCUT2D eigenvalue weighted by Crippen LogP contribution is 2.23. The molecule has 0 saturated carbocycles. The molecule has 1 unspecified atom stereocenters. The normalized spacial score (nSPS) is 13.4. The van der Waals surface area contributed by atoms with Gasteiger partial charge in [-0.2, -0.15) is 0 Å². The molecule has 0 saturated heterocycles. The van der Waals surface area contributed by atoms with Crippen LogP contribution in [0.1, 0.15) is 33.6 Å². The third-order valence-corrected chi connectivity index (χ3v) is 2.43. The van der Waals surface area contributed by atoms with Gasteiger partial charge in [0.05, 0.1) is 19.6 Å². The van der Waals surface area contributed by atoms with Crippen molar-refractivity contribution >= 4 is 17.9 Å². The zero-order valence-electron chi connectivity index (χ0n) is 11.4. The van der Waals surface area contributed by atoms with Crippen LogP contribution in [0.15, 0.2) is 0 Å². The molecule has 0 aliphatic rings. The second-order valence-corrected chi connectivity index (χ2v) is 3.73. The third-order valence-electron chi connectivity index (χ3n) is 2.43. The average Bonchev–Trinajstić information content (AvgIpc) is 2.35. The summed E-state index contributed by atoms with van der Waals surface area (Å²) in [6, 6.07) is 0. The minimum atomic E-state index is -1.61. The summed E-state index contributed by atoms with van der Waals surface area (Å²) in [7, 11) is 0. The van der Waals surface area contributed by atoms with Crippen molar-refractivity contribution in [1.82, 2.24) is 0 Å². The molecule has 0 rings (SSSR count). The molecule has 0 radical (unpaired) electrons. The van der Waals surface area contributed by atoms with E-state index in [0.717, 1.165) is 0 Å². The van der Waals surface area contributed by atoms with Gasteiger partial charge in [-0.25, -0.2) is 9.59 Å². The third kappa shape index (κ3) is 5.69. The molecule has 19 heavy (non-hydrogen) atoms. The van der Waals surface area contributed by atoms with Gasteiger partial charge in [0.25, 0.3) is 0 Å². The lowest BCUT2D eigenvalue weighted by Crippen LogP contribution is -2.45. The Morgan fingerprint density at radius 2 is 1.63 bits per heavy atom. The SMILES string of the molecule is CCOC(=O)CC(CC)(OCC(=O)O)C(=O)OCC. The number of aliphatic carboxylic acids is 1. The zero-order chi connectivity index (χ0) is 14.9. The van der Waals surface area contributed by atoms with Crippen molar-refractivity contribution < 1.29 is 33.7 Å². The van der Waals surface area contributed by atoms with E-state index in [2.05, 4.69) is 0 Å². The fourth-order valence-corrected chi connectivity index (χ4v) is 1.46. The number of esters is 2. The summed E-state index contributed by atoms with van der Waals surface area (Å²) < 4.78 is 14.7. The summed E-state index contributed by atoms with van der Waals surface area (Å²) in [5, 5.41) is 8.63. The lowest BCUT2D eigenvalue weighted by Gasteiger charge is -2.28. The summed E-state index contributed by atoms with van der Waals surface area (Å²) in [5.41, 5.74) is -1.61. The van der Waals surface area contributed by atoms with Crippen LogP contribution in [0.3, 0.4) is 0 Å². The highest BCUT2D eigenvalue weighted by atomic mass is 16.6. The van der Waals surface area contributed by atoms with Gasteiger partial charge in [-0.15, -0.1) is 0 Å². The number of hydrogen-bond donors (Lipinski definition) is 1. The standard InChI is InChI=1S/C12H20O7/c1-4-12(11(16)18-6-3,19-8-9(13)14)7-10(15)17-5-2/h4-8H2,1-3H3,(H,13,14). The summed E-state index contributed by atoms with van der Waals surface area (Å²) in [4.78, 5) is 34.0. The summed E-state index contributed by atoms with van der Waals surface area (Å²) in [6.07, 6.45) is -0.263. The highest BCUT2D eigenvalue weighted by molar-refractivity contribution is 5.86. The summed E-state index contributed by atoms with van der Waals surface area (Å²) in [5.74, 6) is -2.62. The number of carbonyl (C=O) groups excluding carboxylic acids is 2. The molecule has 0 heterocycles. The lowest BCUT2D eigenvalue weighted by molar-refractivity contribution is -0.183. The Morgan fingerprint density at radius 3 is 2.05 bits per heavy atom. The van der Waals surface area contributed by atoms with Gasteiger partial charge in [0.15, 0.2) is 5.60 Å². The van der Waals surface area contributed by atoms with Crippen molar-refractivity contribution in [3.8, 4) is 0 Å². The smallest absolute Gasteiger partial charge is 0.339 e. The molecular formula is C12H20O7. The number of hydrogen-bond acceptors (Lipinski definition) is 6. The molecule has 7 heteroatoms. The maximum atomic E-state index is 11.9. The van der Waals surface area contributed by atoms with Crippen LogP contribution in [0, 0.1) is 0 Å². The Bertz CT molecular complexity index is 326. The molecule has 0 aromatic rings. The molecule has 110 valence electrons. The topological polar surface area (TPSA) is 99.1 Å². The second-order valence-electron chi connectivity index (χ2n) is 3.73. The van der Waals surface area contributed by atoms with E-state index in [0.29, 0.717) is 0 Å². The van der Waals surface area contributed by atoms with Crippen LogP contribution >= 0.6 is 0 Å². The lowest BCUT2D eigenvalue weighted by atomic mass is 9.96. The van der Waals surface area contributed by atoms with Crippen LogP contribution in [0.4, 0.5) is 0 Å². The highest BCUT2D eigenvalue weighted by Gasteiger charge is 2.42. The van der Waals surface area contributed by atoms with Crippen molar-refractivity contribution in [3.63, 3.8) is 0 Å². The predicted octanol–water partition coefficient (Wildman–Crippen LogP) is 0.753. The Morgan fingerprint density at radius 1 is 1.05 bits per heavy atom. The van der Waals surface area contributed by atoms with Gasteiger partial charge < -0.3 is 19.3 Å². The molecule has 0 amide bonds. The van der Waals surface area contributed by atoms with Gasteiger partial charge in [0, 0.05) is 0 Å². The van der Waals surface area contributed by atoms with Crippen LogP contribution in [0.5, 0.6) is 0 Å². The molecule has 0 aromatic heterocycles. The van der Waals surface area contributed by atoms with Crippen LogP contribution in [0.25, 0.3) is 0 Å². The number of carbonyl (C=O) groups is 3. The Balaban J connectivity index is 4.98. The van der Waals surface area contributed by atoms with Crippen LogP contribution in [0.2, 0.25) is 0 Å². The average molecular weight is 276 g/mol. The first-order valence-electron chi connectivity index (χ1n) is 6.10. The Kier molecular flexibility index (Phi) is 7.74. The van der Waals surface area contributed by atoms with Crippen molar-refractivity contribution in [2.24, 2.45) is 0 Å². The van der Waals surface area contributed by atoms with Gasteiger partial charge in [-0.3, -0.25) is 4.79 Å². The first kappa shape index (κ1) is 17.4. The number of carboxylic acid groups (broad SMARTS) is 1. The molecule has 1 atom stereocenters. The van der Waals surface area contributed by atoms with Gasteiger partial charge in [-0.1, -0.05) is 6.92 Å². The number of ether oxygens (including phenoxy) is 3. The largest absolute Gasteiger partial charge is 0.480 e. The van der Waals surface area contributed by atoms with Crippen molar-refractivity contribution in [2.45, 2.75) is 39.2 Å².